The van der Waals surface area contributed by atoms with E-state index in [1.54, 1.807) is 11.3 Å². The van der Waals surface area contributed by atoms with Crippen LogP contribution in [0.25, 0.3) is 16.8 Å². The summed E-state index contributed by atoms with van der Waals surface area (Å²) >= 11 is 1.75. The number of fused-ring (bicyclic) bond motifs is 1. The average Bonchev–Trinajstić information content (AvgIpc) is 3.34. The number of hydrogen-bond acceptors (Lipinski definition) is 6. The van der Waals surface area contributed by atoms with Crippen LogP contribution in [0, 0.1) is 6.92 Å². The summed E-state index contributed by atoms with van der Waals surface area (Å²) in [4.78, 5) is 17.2. The normalized spacial score (nSPS) is 18.0. The molecule has 0 amide bonds. The molecule has 0 aromatic carbocycles. The minimum atomic E-state index is 0.381. The van der Waals surface area contributed by atoms with E-state index in [-0.39, 0.29) is 0 Å². The minimum absolute atomic E-state index is 0.381. The van der Waals surface area contributed by atoms with Gasteiger partial charge in [0.2, 0.25) is 0 Å². The maximum atomic E-state index is 4.83. The van der Waals surface area contributed by atoms with E-state index in [0.29, 0.717) is 5.92 Å². The second kappa shape index (κ2) is 7.41. The predicted molar refractivity (Wildman–Crippen MR) is 110 cm³/mol. The van der Waals surface area contributed by atoms with Crippen molar-refractivity contribution in [3.8, 4) is 11.1 Å². The van der Waals surface area contributed by atoms with Crippen molar-refractivity contribution >= 4 is 17.0 Å². The van der Waals surface area contributed by atoms with Crippen LogP contribution < -0.4 is 0 Å². The van der Waals surface area contributed by atoms with Crippen LogP contribution in [0.5, 0.6) is 0 Å². The molecule has 1 fully saturated rings. The molecule has 142 valence electrons. The smallest absolute Gasteiger partial charge is 0.156 e. The molecule has 28 heavy (non-hydrogen) atoms. The van der Waals surface area contributed by atoms with Gasteiger partial charge in [0.1, 0.15) is 0 Å². The molecule has 1 aliphatic heterocycles. The Kier molecular flexibility index (Phi) is 4.62. The summed E-state index contributed by atoms with van der Waals surface area (Å²) in [5, 5.41) is 4.83. The van der Waals surface area contributed by atoms with Gasteiger partial charge in [-0.05, 0) is 56.1 Å². The summed E-state index contributed by atoms with van der Waals surface area (Å²) in [6.07, 6.45) is 8.01. The van der Waals surface area contributed by atoms with Crippen molar-refractivity contribution in [1.82, 2.24) is 29.5 Å². The molecule has 0 aliphatic carbocycles. The molecule has 0 saturated carbocycles. The maximum absolute atomic E-state index is 4.83. The highest BCUT2D eigenvalue weighted by Crippen LogP contribution is 2.28. The fourth-order valence-electron chi connectivity index (χ4n) is 3.88. The lowest BCUT2D eigenvalue weighted by Crippen LogP contribution is -2.34. The number of rotatable bonds is 4. The number of thiazole rings is 1. The van der Waals surface area contributed by atoms with Gasteiger partial charge in [0.25, 0.3) is 0 Å². The topological polar surface area (TPSA) is 59.2 Å². The van der Waals surface area contributed by atoms with Crippen LogP contribution in [0.15, 0.2) is 48.4 Å². The van der Waals surface area contributed by atoms with Crippen LogP contribution in [-0.4, -0.2) is 42.6 Å². The zero-order chi connectivity index (χ0) is 18.9. The van der Waals surface area contributed by atoms with Crippen molar-refractivity contribution in [3.63, 3.8) is 0 Å². The van der Waals surface area contributed by atoms with Crippen molar-refractivity contribution in [2.24, 2.45) is 0 Å². The molecule has 1 atom stereocenters. The third-order valence-electron chi connectivity index (χ3n) is 5.44. The molecule has 5 rings (SSSR count). The van der Waals surface area contributed by atoms with E-state index in [2.05, 4.69) is 34.1 Å². The SMILES string of the molecule is Cc1ncsc1CN1CCCC(c2nc3ccc(-c4ccncc4)cn3n2)C1. The van der Waals surface area contributed by atoms with Crippen LogP contribution in [0.1, 0.15) is 35.2 Å². The first kappa shape index (κ1) is 17.5. The van der Waals surface area contributed by atoms with Crippen LogP contribution in [0.3, 0.4) is 0 Å². The van der Waals surface area contributed by atoms with E-state index in [1.165, 1.54) is 11.3 Å². The predicted octanol–water partition coefficient (Wildman–Crippen LogP) is 3.94. The largest absolute Gasteiger partial charge is 0.297 e. The van der Waals surface area contributed by atoms with Crippen molar-refractivity contribution < 1.29 is 0 Å². The first-order valence-corrected chi connectivity index (χ1v) is 10.5. The number of piperidine rings is 1. The molecule has 0 spiro atoms. The van der Waals surface area contributed by atoms with Gasteiger partial charge >= 0.3 is 0 Å². The van der Waals surface area contributed by atoms with E-state index < -0.39 is 0 Å². The van der Waals surface area contributed by atoms with E-state index >= 15 is 0 Å². The van der Waals surface area contributed by atoms with Gasteiger partial charge in [-0.2, -0.15) is 5.10 Å². The quantitative estimate of drug-likeness (QED) is 0.528. The molecule has 0 bridgehead atoms. The molecular formula is C21H22N6S. The van der Waals surface area contributed by atoms with Crippen molar-refractivity contribution in [1.29, 1.82) is 0 Å². The Morgan fingerprint density at radius 1 is 1.14 bits per heavy atom. The molecule has 6 nitrogen and oxygen atoms in total. The third kappa shape index (κ3) is 3.43. The molecule has 1 saturated heterocycles. The van der Waals surface area contributed by atoms with Crippen LogP contribution in [-0.2, 0) is 6.54 Å². The van der Waals surface area contributed by atoms with Crippen molar-refractivity contribution in [2.45, 2.75) is 32.2 Å². The molecule has 4 aromatic heterocycles. The molecule has 5 heterocycles. The van der Waals surface area contributed by atoms with Gasteiger partial charge in [-0.3, -0.25) is 9.88 Å². The van der Waals surface area contributed by atoms with Gasteiger partial charge in [-0.15, -0.1) is 11.3 Å². The Bertz CT molecular complexity index is 1090. The molecule has 1 aliphatic rings. The fraction of sp³-hybridized carbons (Fsp3) is 0.333. The van der Waals surface area contributed by atoms with Gasteiger partial charge in [0.15, 0.2) is 11.5 Å². The zero-order valence-electron chi connectivity index (χ0n) is 15.8. The molecule has 4 aromatic rings. The van der Waals surface area contributed by atoms with E-state index in [0.717, 1.165) is 54.3 Å². The number of hydrogen-bond donors (Lipinski definition) is 0. The van der Waals surface area contributed by atoms with Gasteiger partial charge in [-0.25, -0.2) is 14.5 Å². The van der Waals surface area contributed by atoms with Crippen molar-refractivity contribution in [2.75, 3.05) is 13.1 Å². The summed E-state index contributed by atoms with van der Waals surface area (Å²) in [6, 6.07) is 8.18. The number of nitrogens with zero attached hydrogens (tertiary/aromatic N) is 6. The van der Waals surface area contributed by atoms with E-state index in [9.17, 15) is 0 Å². The first-order valence-electron chi connectivity index (χ1n) is 9.64. The summed E-state index contributed by atoms with van der Waals surface area (Å²) in [5.41, 5.74) is 6.26. The summed E-state index contributed by atoms with van der Waals surface area (Å²) < 4.78 is 1.91. The Hall–Kier alpha value is -2.64. The maximum Gasteiger partial charge on any atom is 0.156 e. The second-order valence-corrected chi connectivity index (χ2v) is 8.30. The molecule has 1 unspecified atom stereocenters. The van der Waals surface area contributed by atoms with Crippen LogP contribution in [0.4, 0.5) is 0 Å². The minimum Gasteiger partial charge on any atom is -0.297 e. The van der Waals surface area contributed by atoms with Gasteiger partial charge in [-0.1, -0.05) is 0 Å². The Labute approximate surface area is 167 Å². The number of likely N-dealkylation sites (tertiary alicyclic amines) is 1. The highest BCUT2D eigenvalue weighted by atomic mass is 32.1. The van der Waals surface area contributed by atoms with Crippen LogP contribution >= 0.6 is 11.3 Å². The number of aromatic nitrogens is 5. The number of pyridine rings is 2. The summed E-state index contributed by atoms with van der Waals surface area (Å²) in [7, 11) is 0. The van der Waals surface area contributed by atoms with Gasteiger partial charge in [0, 0.05) is 48.0 Å². The lowest BCUT2D eigenvalue weighted by Gasteiger charge is -2.31. The van der Waals surface area contributed by atoms with Gasteiger partial charge < -0.3 is 0 Å². The summed E-state index contributed by atoms with van der Waals surface area (Å²) in [5.74, 6) is 1.34. The third-order valence-corrected chi connectivity index (χ3v) is 6.36. The van der Waals surface area contributed by atoms with Crippen LogP contribution in [0.2, 0.25) is 0 Å². The summed E-state index contributed by atoms with van der Waals surface area (Å²) in [6.45, 7) is 5.21. The molecule has 0 N–H and O–H groups in total. The lowest BCUT2D eigenvalue weighted by molar-refractivity contribution is 0.198. The Morgan fingerprint density at radius 3 is 2.86 bits per heavy atom. The van der Waals surface area contributed by atoms with Gasteiger partial charge in [0.05, 0.1) is 11.2 Å². The molecule has 7 heteroatoms. The Morgan fingerprint density at radius 2 is 2.04 bits per heavy atom. The molecule has 0 radical (unpaired) electrons. The highest BCUT2D eigenvalue weighted by molar-refractivity contribution is 7.09. The number of aryl methyl sites for hydroxylation is 1. The lowest BCUT2D eigenvalue weighted by atomic mass is 9.97. The highest BCUT2D eigenvalue weighted by Gasteiger charge is 2.25. The Balaban J connectivity index is 1.37. The average molecular weight is 391 g/mol. The fourth-order valence-corrected chi connectivity index (χ4v) is 4.70. The van der Waals surface area contributed by atoms with E-state index in [1.807, 2.05) is 40.6 Å². The standard InChI is InChI=1S/C21H22N6S/c1-15-19(28-14-23-15)13-26-10-2-3-18(11-26)21-24-20-5-4-17(12-27(20)25-21)16-6-8-22-9-7-16/h4-9,12,14,18H,2-3,10-11,13H2,1H3. The monoisotopic (exact) mass is 390 g/mol. The zero-order valence-corrected chi connectivity index (χ0v) is 16.6. The molecular weight excluding hydrogens is 368 g/mol. The van der Waals surface area contributed by atoms with E-state index in [4.69, 9.17) is 10.1 Å². The first-order chi connectivity index (χ1) is 13.8. The van der Waals surface area contributed by atoms with Crippen molar-refractivity contribution in [3.05, 3.63) is 64.8 Å². The second-order valence-electron chi connectivity index (χ2n) is 7.36.